The number of thiocarbonyl (C=S) groups is 1. The van der Waals surface area contributed by atoms with Gasteiger partial charge in [-0.15, -0.1) is 0 Å². The van der Waals surface area contributed by atoms with E-state index in [1.54, 1.807) is 17.6 Å². The zero-order valence-electron chi connectivity index (χ0n) is 19.1. The highest BCUT2D eigenvalue weighted by Gasteiger charge is 2.33. The van der Waals surface area contributed by atoms with Crippen LogP contribution in [0.25, 0.3) is 6.08 Å². The van der Waals surface area contributed by atoms with Gasteiger partial charge in [-0.1, -0.05) is 30.9 Å². The second-order valence-electron chi connectivity index (χ2n) is 8.40. The Balaban J connectivity index is 2.08. The van der Waals surface area contributed by atoms with E-state index < -0.39 is 5.97 Å². The lowest BCUT2D eigenvalue weighted by Crippen LogP contribution is -2.39. The van der Waals surface area contributed by atoms with Gasteiger partial charge in [0, 0.05) is 38.2 Å². The first-order chi connectivity index (χ1) is 15.7. The first kappa shape index (κ1) is 25.0. The number of carbonyl (C=O) groups is 2. The molecule has 2 aliphatic rings. The van der Waals surface area contributed by atoms with Crippen molar-refractivity contribution in [3.63, 3.8) is 0 Å². The summed E-state index contributed by atoms with van der Waals surface area (Å²) in [6.45, 7) is 8.07. The number of hydrogen-bond acceptors (Lipinski definition) is 7. The third-order valence-corrected chi connectivity index (χ3v) is 7.54. The van der Waals surface area contributed by atoms with E-state index in [1.807, 2.05) is 13.0 Å². The molecule has 3 rings (SSSR count). The topological polar surface area (TPSA) is 107 Å². The molecular formula is C23H28N4O4S2. The molecule has 0 radical (unpaired) electrons. The van der Waals surface area contributed by atoms with E-state index >= 15 is 0 Å². The maximum absolute atomic E-state index is 13.1. The lowest BCUT2D eigenvalue weighted by Gasteiger charge is -2.35. The summed E-state index contributed by atoms with van der Waals surface area (Å²) in [5.74, 6) is 0.147. The normalized spacial score (nSPS) is 18.3. The number of aromatic nitrogens is 1. The highest BCUT2D eigenvalue weighted by Crippen LogP contribution is 2.36. The molecule has 0 aliphatic carbocycles. The molecule has 176 valence electrons. The molecule has 0 unspecified atom stereocenters. The molecular weight excluding hydrogens is 460 g/mol. The number of thioether (sulfide) groups is 1. The van der Waals surface area contributed by atoms with Gasteiger partial charge in [-0.05, 0) is 50.7 Å². The Hall–Kier alpha value is -2.64. The van der Waals surface area contributed by atoms with Gasteiger partial charge in [-0.3, -0.25) is 23.9 Å². The summed E-state index contributed by atoms with van der Waals surface area (Å²) < 4.78 is 2.01. The van der Waals surface area contributed by atoms with E-state index in [-0.39, 0.29) is 30.0 Å². The Morgan fingerprint density at radius 3 is 2.58 bits per heavy atom. The molecule has 0 aromatic carbocycles. The second kappa shape index (κ2) is 10.5. The number of nitrogens with zero attached hydrogens (tertiary/aromatic N) is 4. The number of anilines is 1. The van der Waals surface area contributed by atoms with Gasteiger partial charge in [0.1, 0.15) is 21.8 Å². The highest BCUT2D eigenvalue weighted by molar-refractivity contribution is 8.26. The number of nitriles is 1. The average Bonchev–Trinajstić information content (AvgIpc) is 3.03. The lowest BCUT2D eigenvalue weighted by atomic mass is 9.97. The van der Waals surface area contributed by atoms with Crippen molar-refractivity contribution in [3.05, 3.63) is 31.9 Å². The van der Waals surface area contributed by atoms with Crippen molar-refractivity contribution in [2.24, 2.45) is 5.92 Å². The largest absolute Gasteiger partial charge is 0.481 e. The van der Waals surface area contributed by atoms with Gasteiger partial charge < -0.3 is 10.0 Å². The highest BCUT2D eigenvalue weighted by atomic mass is 32.2. The monoisotopic (exact) mass is 488 g/mol. The molecule has 2 aliphatic heterocycles. The molecule has 2 saturated heterocycles. The van der Waals surface area contributed by atoms with Gasteiger partial charge >= 0.3 is 5.97 Å². The average molecular weight is 489 g/mol. The second-order valence-corrected chi connectivity index (χ2v) is 10.1. The Bertz CT molecular complexity index is 1110. The molecule has 3 heterocycles. The summed E-state index contributed by atoms with van der Waals surface area (Å²) in [5.41, 5.74) is 1.00. The zero-order chi connectivity index (χ0) is 24.3. The maximum atomic E-state index is 13.1. The third kappa shape index (κ3) is 5.14. The molecule has 2 fully saturated rings. The van der Waals surface area contributed by atoms with E-state index in [0.717, 1.165) is 43.5 Å². The Morgan fingerprint density at radius 1 is 1.33 bits per heavy atom. The number of hydrogen-bond donors (Lipinski definition) is 1. The number of aliphatic carboxylic acids is 1. The van der Waals surface area contributed by atoms with Crippen molar-refractivity contribution in [3.8, 4) is 6.07 Å². The van der Waals surface area contributed by atoms with Crippen LogP contribution in [0.5, 0.6) is 0 Å². The van der Waals surface area contributed by atoms with Crippen LogP contribution in [0.4, 0.5) is 5.82 Å². The Kier molecular flexibility index (Phi) is 7.97. The van der Waals surface area contributed by atoms with E-state index in [1.165, 1.54) is 4.90 Å². The number of carboxylic acids is 1. The molecule has 1 aromatic rings. The van der Waals surface area contributed by atoms with E-state index in [0.29, 0.717) is 39.2 Å². The van der Waals surface area contributed by atoms with Crippen molar-refractivity contribution in [2.45, 2.75) is 53.0 Å². The lowest BCUT2D eigenvalue weighted by molar-refractivity contribution is -0.137. The first-order valence-corrected chi connectivity index (χ1v) is 12.3. The minimum atomic E-state index is -0.919. The van der Waals surface area contributed by atoms with E-state index in [4.69, 9.17) is 17.3 Å². The Labute approximate surface area is 202 Å². The van der Waals surface area contributed by atoms with Crippen molar-refractivity contribution in [2.75, 3.05) is 24.5 Å². The number of rotatable bonds is 7. The Morgan fingerprint density at radius 2 is 2.00 bits per heavy atom. The standard InChI is InChI=1S/C23H28N4O4S2/c1-4-26-20(25-10-7-14(2)8-11-25)16(15(3)17(13-24)21(26)30)12-18-22(31)27(23(32)33-18)9-5-6-19(28)29/h12,14H,4-11H2,1-3H3,(H,28,29)/b18-12+. The number of pyridine rings is 1. The number of piperidine rings is 1. The van der Waals surface area contributed by atoms with Crippen molar-refractivity contribution in [1.82, 2.24) is 9.47 Å². The molecule has 33 heavy (non-hydrogen) atoms. The van der Waals surface area contributed by atoms with Crippen molar-refractivity contribution in [1.29, 1.82) is 5.26 Å². The molecule has 1 amide bonds. The van der Waals surface area contributed by atoms with Gasteiger partial charge in [0.05, 0.1) is 4.91 Å². The van der Waals surface area contributed by atoms with Crippen LogP contribution in [0.2, 0.25) is 0 Å². The van der Waals surface area contributed by atoms with Crippen LogP contribution in [0.1, 0.15) is 56.2 Å². The molecule has 10 heteroatoms. The van der Waals surface area contributed by atoms with Crippen LogP contribution in [0, 0.1) is 24.2 Å². The summed E-state index contributed by atoms with van der Waals surface area (Å²) in [7, 11) is 0. The molecule has 1 N–H and O–H groups in total. The van der Waals surface area contributed by atoms with Crippen molar-refractivity contribution >= 4 is 52.1 Å². The van der Waals surface area contributed by atoms with Gasteiger partial charge in [-0.2, -0.15) is 5.26 Å². The molecule has 0 bridgehead atoms. The van der Waals surface area contributed by atoms with Crippen LogP contribution in [0.3, 0.4) is 0 Å². The molecule has 0 spiro atoms. The van der Waals surface area contributed by atoms with E-state index in [9.17, 15) is 19.6 Å². The fourth-order valence-electron chi connectivity index (χ4n) is 4.21. The smallest absolute Gasteiger partial charge is 0.303 e. The molecule has 0 atom stereocenters. The van der Waals surface area contributed by atoms with Gasteiger partial charge in [0.25, 0.3) is 11.5 Å². The van der Waals surface area contributed by atoms with Gasteiger partial charge in [0.2, 0.25) is 0 Å². The molecule has 0 saturated carbocycles. The summed E-state index contributed by atoms with van der Waals surface area (Å²) in [6.07, 6.45) is 4.01. The fourth-order valence-corrected chi connectivity index (χ4v) is 5.50. The minimum Gasteiger partial charge on any atom is -0.481 e. The minimum absolute atomic E-state index is 0.0419. The number of carbonyl (C=O) groups excluding carboxylic acids is 1. The predicted molar refractivity (Wildman–Crippen MR) is 133 cm³/mol. The third-order valence-electron chi connectivity index (χ3n) is 6.17. The summed E-state index contributed by atoms with van der Waals surface area (Å²) in [5, 5.41) is 18.5. The van der Waals surface area contributed by atoms with Gasteiger partial charge in [0.15, 0.2) is 0 Å². The van der Waals surface area contributed by atoms with Crippen LogP contribution in [0.15, 0.2) is 9.70 Å². The van der Waals surface area contributed by atoms with Crippen LogP contribution in [-0.2, 0) is 16.1 Å². The number of carboxylic acid groups (broad SMARTS) is 1. The van der Waals surface area contributed by atoms with Crippen molar-refractivity contribution < 1.29 is 14.7 Å². The van der Waals surface area contributed by atoms with Gasteiger partial charge in [-0.25, -0.2) is 0 Å². The summed E-state index contributed by atoms with van der Waals surface area (Å²) in [4.78, 5) is 41.0. The SMILES string of the molecule is CCn1c(N2CCC(C)CC2)c(/C=C2/SC(=S)N(CCCC(=O)O)C2=O)c(C)c(C#N)c1=O. The van der Waals surface area contributed by atoms with Crippen LogP contribution >= 0.6 is 24.0 Å². The fraction of sp³-hybridized carbons (Fsp3) is 0.522. The summed E-state index contributed by atoms with van der Waals surface area (Å²) in [6, 6.07) is 2.04. The summed E-state index contributed by atoms with van der Waals surface area (Å²) >= 11 is 6.54. The number of amides is 1. The van der Waals surface area contributed by atoms with Crippen LogP contribution in [-0.4, -0.2) is 50.4 Å². The van der Waals surface area contributed by atoms with E-state index in [2.05, 4.69) is 11.8 Å². The predicted octanol–water partition coefficient (Wildman–Crippen LogP) is 3.35. The quantitative estimate of drug-likeness (QED) is 0.460. The molecule has 8 nitrogen and oxygen atoms in total. The molecule has 1 aromatic heterocycles. The maximum Gasteiger partial charge on any atom is 0.303 e. The van der Waals surface area contributed by atoms with Crippen LogP contribution < -0.4 is 10.5 Å². The zero-order valence-corrected chi connectivity index (χ0v) is 20.7. The first-order valence-electron chi connectivity index (χ1n) is 11.1.